The van der Waals surface area contributed by atoms with Crippen LogP contribution in [0.5, 0.6) is 11.5 Å². The second kappa shape index (κ2) is 8.31. The van der Waals surface area contributed by atoms with E-state index in [1.165, 1.54) is 7.11 Å². The number of hydrogen-bond donors (Lipinski definition) is 2. The highest BCUT2D eigenvalue weighted by molar-refractivity contribution is 14.1. The van der Waals surface area contributed by atoms with Gasteiger partial charge in [-0.15, -0.1) is 0 Å². The Hall–Kier alpha value is -1.02. The predicted octanol–water partition coefficient (Wildman–Crippen LogP) is 2.99. The molecule has 5 nitrogen and oxygen atoms in total. The zero-order valence-electron chi connectivity index (χ0n) is 11.6. The van der Waals surface area contributed by atoms with Crippen molar-refractivity contribution in [3.63, 3.8) is 0 Å². The summed E-state index contributed by atoms with van der Waals surface area (Å²) in [7, 11) is 1.54. The van der Waals surface area contributed by atoms with Crippen molar-refractivity contribution in [2.24, 2.45) is 0 Å². The Morgan fingerprint density at radius 3 is 2.70 bits per heavy atom. The summed E-state index contributed by atoms with van der Waals surface area (Å²) < 4.78 is 11.7. The van der Waals surface area contributed by atoms with Crippen molar-refractivity contribution in [3.8, 4) is 11.5 Å². The van der Waals surface area contributed by atoms with Gasteiger partial charge in [-0.25, -0.2) is 0 Å². The average molecular weight is 394 g/mol. The van der Waals surface area contributed by atoms with Gasteiger partial charge in [0.15, 0.2) is 11.5 Å². The van der Waals surface area contributed by atoms with Crippen LogP contribution in [0.4, 0.5) is 0 Å². The number of aliphatic carboxylic acids is 1. The minimum atomic E-state index is -0.923. The van der Waals surface area contributed by atoms with Crippen molar-refractivity contribution in [2.75, 3.05) is 13.7 Å². The molecular weight excluding hydrogens is 375 g/mol. The van der Waals surface area contributed by atoms with Crippen molar-refractivity contribution in [3.05, 3.63) is 21.3 Å². The molecule has 0 heterocycles. The summed E-state index contributed by atoms with van der Waals surface area (Å²) in [5.74, 6) is 0.285. The van der Waals surface area contributed by atoms with Gasteiger partial charge in [-0.3, -0.25) is 4.79 Å². The van der Waals surface area contributed by atoms with Crippen LogP contribution in [0.15, 0.2) is 12.1 Å². The smallest absolute Gasteiger partial charge is 0.303 e. The molecule has 1 unspecified atom stereocenters. The molecule has 112 valence electrons. The predicted molar refractivity (Wildman–Crippen MR) is 83.3 cm³/mol. The summed E-state index contributed by atoms with van der Waals surface area (Å²) in [6, 6.07) is 3.49. The van der Waals surface area contributed by atoms with Crippen LogP contribution >= 0.6 is 22.6 Å². The van der Waals surface area contributed by atoms with Crippen LogP contribution in [0, 0.1) is 3.57 Å². The van der Waals surface area contributed by atoms with Crippen molar-refractivity contribution < 1.29 is 24.5 Å². The van der Waals surface area contributed by atoms with Gasteiger partial charge in [-0.1, -0.05) is 6.92 Å². The number of aliphatic hydroxyl groups is 1. The van der Waals surface area contributed by atoms with Gasteiger partial charge in [0.05, 0.1) is 23.4 Å². The molecule has 2 N–H and O–H groups in total. The SMILES string of the molecule is CCCOc1c(I)cc(C(O)CCC(=O)O)cc1OC. The summed E-state index contributed by atoms with van der Waals surface area (Å²) >= 11 is 2.12. The maximum absolute atomic E-state index is 10.5. The molecule has 0 radical (unpaired) electrons. The molecule has 0 saturated heterocycles. The molecule has 1 atom stereocenters. The zero-order chi connectivity index (χ0) is 15.1. The minimum Gasteiger partial charge on any atom is -0.493 e. The van der Waals surface area contributed by atoms with Crippen LogP contribution in [-0.4, -0.2) is 29.9 Å². The lowest BCUT2D eigenvalue weighted by molar-refractivity contribution is -0.137. The summed E-state index contributed by atoms with van der Waals surface area (Å²) in [5, 5.41) is 18.7. The third-order valence-electron chi connectivity index (χ3n) is 2.72. The Balaban J connectivity index is 2.94. The molecular formula is C14H19IO5. The van der Waals surface area contributed by atoms with Gasteiger partial charge < -0.3 is 19.7 Å². The highest BCUT2D eigenvalue weighted by atomic mass is 127. The lowest BCUT2D eigenvalue weighted by Crippen LogP contribution is -2.05. The van der Waals surface area contributed by atoms with Crippen LogP contribution in [0.2, 0.25) is 0 Å². The van der Waals surface area contributed by atoms with Crippen molar-refractivity contribution in [1.82, 2.24) is 0 Å². The number of hydrogen-bond acceptors (Lipinski definition) is 4. The number of benzene rings is 1. The van der Waals surface area contributed by atoms with Crippen LogP contribution < -0.4 is 9.47 Å². The van der Waals surface area contributed by atoms with E-state index in [-0.39, 0.29) is 12.8 Å². The summed E-state index contributed by atoms with van der Waals surface area (Å²) in [4.78, 5) is 10.5. The quantitative estimate of drug-likeness (QED) is 0.664. The van der Waals surface area contributed by atoms with Crippen LogP contribution in [0.25, 0.3) is 0 Å². The Morgan fingerprint density at radius 1 is 1.45 bits per heavy atom. The van der Waals surface area contributed by atoms with Gasteiger partial charge in [0.1, 0.15) is 0 Å². The fourth-order valence-corrected chi connectivity index (χ4v) is 2.48. The third kappa shape index (κ3) is 4.82. The molecule has 1 aromatic carbocycles. The first kappa shape index (κ1) is 17.0. The van der Waals surface area contributed by atoms with Gasteiger partial charge in [0, 0.05) is 6.42 Å². The molecule has 6 heteroatoms. The number of ether oxygens (including phenoxy) is 2. The highest BCUT2D eigenvalue weighted by Gasteiger charge is 2.16. The fourth-order valence-electron chi connectivity index (χ4n) is 1.70. The maximum Gasteiger partial charge on any atom is 0.303 e. The lowest BCUT2D eigenvalue weighted by atomic mass is 10.0. The molecule has 0 saturated carbocycles. The van der Waals surface area contributed by atoms with Crippen molar-refractivity contribution >= 4 is 28.6 Å². The monoisotopic (exact) mass is 394 g/mol. The Morgan fingerprint density at radius 2 is 2.15 bits per heavy atom. The van der Waals surface area contributed by atoms with Crippen molar-refractivity contribution in [2.45, 2.75) is 32.3 Å². The number of aliphatic hydroxyl groups excluding tert-OH is 1. The molecule has 20 heavy (non-hydrogen) atoms. The van der Waals surface area contributed by atoms with Gasteiger partial charge in [0.25, 0.3) is 0 Å². The number of carboxylic acid groups (broad SMARTS) is 1. The standard InChI is InChI=1S/C14H19IO5/c1-3-6-20-14-10(15)7-9(8-12(14)19-2)11(16)4-5-13(17)18/h7-8,11,16H,3-6H2,1-2H3,(H,17,18). The van der Waals surface area contributed by atoms with Crippen molar-refractivity contribution in [1.29, 1.82) is 0 Å². The van der Waals surface area contributed by atoms with Gasteiger partial charge in [0.2, 0.25) is 0 Å². The van der Waals surface area contributed by atoms with E-state index in [0.29, 0.717) is 23.7 Å². The molecule has 0 aliphatic rings. The molecule has 0 fully saturated rings. The summed E-state index contributed by atoms with van der Waals surface area (Å²) in [5.41, 5.74) is 0.636. The molecule has 0 amide bonds. The first-order valence-corrected chi connectivity index (χ1v) is 7.47. The van der Waals surface area contributed by atoms with Crippen LogP contribution in [0.3, 0.4) is 0 Å². The van der Waals surface area contributed by atoms with E-state index < -0.39 is 12.1 Å². The molecule has 0 aliphatic carbocycles. The number of rotatable bonds is 8. The molecule has 1 aromatic rings. The number of carbonyl (C=O) groups is 1. The Kier molecular flexibility index (Phi) is 7.08. The topological polar surface area (TPSA) is 76.0 Å². The highest BCUT2D eigenvalue weighted by Crippen LogP contribution is 2.36. The molecule has 0 bridgehead atoms. The van der Waals surface area contributed by atoms with E-state index in [4.69, 9.17) is 14.6 Å². The number of halogens is 1. The summed E-state index contributed by atoms with van der Waals surface area (Å²) in [6.45, 7) is 2.61. The Labute approximate surface area is 132 Å². The van der Waals surface area contributed by atoms with E-state index in [1.54, 1.807) is 12.1 Å². The normalized spacial score (nSPS) is 12.0. The maximum atomic E-state index is 10.5. The average Bonchev–Trinajstić information content (AvgIpc) is 2.42. The molecule has 1 rings (SSSR count). The second-order valence-electron chi connectivity index (χ2n) is 4.33. The van der Waals surface area contributed by atoms with Gasteiger partial charge in [-0.2, -0.15) is 0 Å². The van der Waals surface area contributed by atoms with E-state index in [1.807, 2.05) is 6.92 Å². The van der Waals surface area contributed by atoms with Crippen LogP contribution in [-0.2, 0) is 4.79 Å². The summed E-state index contributed by atoms with van der Waals surface area (Å²) in [6.07, 6.45) is 0.161. The minimum absolute atomic E-state index is 0.0753. The second-order valence-corrected chi connectivity index (χ2v) is 5.49. The number of carboxylic acids is 1. The first-order valence-electron chi connectivity index (χ1n) is 6.39. The van der Waals surface area contributed by atoms with E-state index in [9.17, 15) is 9.90 Å². The van der Waals surface area contributed by atoms with Gasteiger partial charge >= 0.3 is 5.97 Å². The van der Waals surface area contributed by atoms with E-state index >= 15 is 0 Å². The van der Waals surface area contributed by atoms with Crippen LogP contribution in [0.1, 0.15) is 37.9 Å². The van der Waals surface area contributed by atoms with E-state index in [2.05, 4.69) is 22.6 Å². The zero-order valence-corrected chi connectivity index (χ0v) is 13.7. The molecule has 0 aliphatic heterocycles. The Bertz CT molecular complexity index is 461. The first-order chi connectivity index (χ1) is 9.49. The fraction of sp³-hybridized carbons (Fsp3) is 0.500. The molecule has 0 aromatic heterocycles. The van der Waals surface area contributed by atoms with E-state index in [0.717, 1.165) is 9.99 Å². The lowest BCUT2D eigenvalue weighted by Gasteiger charge is -2.16. The van der Waals surface area contributed by atoms with Gasteiger partial charge in [-0.05, 0) is 53.1 Å². The number of methoxy groups -OCH3 is 1. The largest absolute Gasteiger partial charge is 0.493 e. The molecule has 0 spiro atoms. The third-order valence-corrected chi connectivity index (χ3v) is 3.52.